The first-order valence-corrected chi connectivity index (χ1v) is 12.0. The molecule has 8 nitrogen and oxygen atoms in total. The van der Waals surface area contributed by atoms with Crippen LogP contribution in [0.4, 0.5) is 0 Å². The van der Waals surface area contributed by atoms with Gasteiger partial charge in [0.2, 0.25) is 15.8 Å². The SMILES string of the molecule is Cc1ccc(S(=O)(=O)N(C)CC(=O)OCC(=O)c2cc(C)n(CC3CCCO3)c2C)cc1. The van der Waals surface area contributed by atoms with Gasteiger partial charge in [-0.25, -0.2) is 8.42 Å². The van der Waals surface area contributed by atoms with Gasteiger partial charge in [0.1, 0.15) is 6.54 Å². The standard InChI is InChI=1S/C23H30N2O6S/c1-16-7-9-20(10-8-16)32(28,29)24(4)14-23(27)31-15-22(26)21-12-17(2)25(18(21)3)13-19-6-5-11-30-19/h7-10,12,19H,5-6,11,13-15H2,1-4H3. The Hall–Kier alpha value is -2.49. The van der Waals surface area contributed by atoms with Crippen molar-refractivity contribution in [2.75, 3.05) is 26.8 Å². The second kappa shape index (κ2) is 9.97. The third-order valence-corrected chi connectivity index (χ3v) is 7.55. The average Bonchev–Trinajstić information content (AvgIpc) is 3.36. The molecule has 1 aliphatic heterocycles. The number of ether oxygens (including phenoxy) is 2. The Labute approximate surface area is 189 Å². The lowest BCUT2D eigenvalue weighted by Crippen LogP contribution is -2.33. The quantitative estimate of drug-likeness (QED) is 0.420. The normalized spacial score (nSPS) is 16.5. The van der Waals surface area contributed by atoms with Crippen molar-refractivity contribution in [3.05, 3.63) is 52.8 Å². The molecule has 0 saturated carbocycles. The molecule has 32 heavy (non-hydrogen) atoms. The van der Waals surface area contributed by atoms with Gasteiger partial charge < -0.3 is 14.0 Å². The number of nitrogens with zero attached hydrogens (tertiary/aromatic N) is 2. The molecule has 3 rings (SSSR count). The van der Waals surface area contributed by atoms with Gasteiger partial charge in [-0.15, -0.1) is 0 Å². The Bertz CT molecular complexity index is 1080. The molecule has 1 fully saturated rings. The molecule has 2 heterocycles. The van der Waals surface area contributed by atoms with Gasteiger partial charge in [-0.2, -0.15) is 4.31 Å². The van der Waals surface area contributed by atoms with Crippen molar-refractivity contribution in [2.24, 2.45) is 0 Å². The number of Topliss-reactive ketones (excluding diaryl/α,β-unsaturated/α-hetero) is 1. The smallest absolute Gasteiger partial charge is 0.321 e. The molecule has 1 saturated heterocycles. The van der Waals surface area contributed by atoms with Crippen LogP contribution in [0.15, 0.2) is 35.2 Å². The van der Waals surface area contributed by atoms with Crippen LogP contribution in [0.5, 0.6) is 0 Å². The Morgan fingerprint density at radius 2 is 1.88 bits per heavy atom. The maximum Gasteiger partial charge on any atom is 0.321 e. The number of ketones is 1. The van der Waals surface area contributed by atoms with Crippen molar-refractivity contribution in [3.8, 4) is 0 Å². The zero-order chi connectivity index (χ0) is 23.5. The fraction of sp³-hybridized carbons (Fsp3) is 0.478. The van der Waals surface area contributed by atoms with Crippen LogP contribution in [0.25, 0.3) is 0 Å². The van der Waals surface area contributed by atoms with Crippen LogP contribution < -0.4 is 0 Å². The minimum absolute atomic E-state index is 0.0909. The fourth-order valence-electron chi connectivity index (χ4n) is 3.78. The Balaban J connectivity index is 1.57. The molecule has 1 aromatic heterocycles. The maximum absolute atomic E-state index is 12.7. The van der Waals surface area contributed by atoms with Gasteiger partial charge in [-0.3, -0.25) is 9.59 Å². The number of likely N-dealkylation sites (N-methyl/N-ethyl adjacent to an activating group) is 1. The van der Waals surface area contributed by atoms with E-state index in [-0.39, 0.29) is 16.8 Å². The van der Waals surface area contributed by atoms with E-state index in [2.05, 4.69) is 0 Å². The van der Waals surface area contributed by atoms with Crippen molar-refractivity contribution < 1.29 is 27.5 Å². The van der Waals surface area contributed by atoms with Crippen molar-refractivity contribution in [1.29, 1.82) is 0 Å². The Morgan fingerprint density at radius 3 is 2.50 bits per heavy atom. The van der Waals surface area contributed by atoms with Gasteiger partial charge in [0.15, 0.2) is 6.61 Å². The molecule has 2 aromatic rings. The van der Waals surface area contributed by atoms with Gasteiger partial charge in [-0.1, -0.05) is 17.7 Å². The lowest BCUT2D eigenvalue weighted by atomic mass is 10.1. The van der Waals surface area contributed by atoms with Gasteiger partial charge >= 0.3 is 5.97 Å². The van der Waals surface area contributed by atoms with Crippen LogP contribution in [0.1, 0.15) is 40.2 Å². The van der Waals surface area contributed by atoms with Gasteiger partial charge in [-0.05, 0) is 51.8 Å². The van der Waals surface area contributed by atoms with Crippen LogP contribution >= 0.6 is 0 Å². The second-order valence-corrected chi connectivity index (χ2v) is 10.2. The molecule has 9 heteroatoms. The summed E-state index contributed by atoms with van der Waals surface area (Å²) in [5.41, 5.74) is 3.17. The molecule has 0 radical (unpaired) electrons. The average molecular weight is 463 g/mol. The predicted molar refractivity (Wildman–Crippen MR) is 119 cm³/mol. The van der Waals surface area contributed by atoms with E-state index in [1.807, 2.05) is 25.3 Å². The number of aromatic nitrogens is 1. The number of aryl methyl sites for hydroxylation is 2. The van der Waals surface area contributed by atoms with Crippen molar-refractivity contribution in [2.45, 2.75) is 51.2 Å². The highest BCUT2D eigenvalue weighted by Gasteiger charge is 2.25. The summed E-state index contributed by atoms with van der Waals surface area (Å²) in [5, 5.41) is 0. The minimum atomic E-state index is -3.83. The number of benzene rings is 1. The molecule has 1 aromatic carbocycles. The Kier molecular flexibility index (Phi) is 7.53. The van der Waals surface area contributed by atoms with E-state index in [1.165, 1.54) is 19.2 Å². The third kappa shape index (κ3) is 5.46. The van der Waals surface area contributed by atoms with E-state index in [4.69, 9.17) is 9.47 Å². The molecule has 0 bridgehead atoms. The summed E-state index contributed by atoms with van der Waals surface area (Å²) in [4.78, 5) is 25.0. The molecule has 174 valence electrons. The van der Waals surface area contributed by atoms with E-state index >= 15 is 0 Å². The van der Waals surface area contributed by atoms with E-state index in [1.54, 1.807) is 18.2 Å². The number of sulfonamides is 1. The highest BCUT2D eigenvalue weighted by atomic mass is 32.2. The molecule has 1 aliphatic rings. The molecule has 0 aliphatic carbocycles. The van der Waals surface area contributed by atoms with E-state index < -0.39 is 29.1 Å². The molecule has 0 spiro atoms. The third-order valence-electron chi connectivity index (χ3n) is 5.73. The Morgan fingerprint density at radius 1 is 1.19 bits per heavy atom. The van der Waals surface area contributed by atoms with E-state index in [0.29, 0.717) is 12.1 Å². The molecular weight excluding hydrogens is 432 g/mol. The number of hydrogen-bond donors (Lipinski definition) is 0. The summed E-state index contributed by atoms with van der Waals surface area (Å²) in [5.74, 6) is -1.11. The van der Waals surface area contributed by atoms with Crippen LogP contribution in [0, 0.1) is 20.8 Å². The summed E-state index contributed by atoms with van der Waals surface area (Å²) in [6.45, 7) is 6.16. The van der Waals surface area contributed by atoms with Gasteiger partial charge in [0.05, 0.1) is 11.0 Å². The molecule has 0 amide bonds. The summed E-state index contributed by atoms with van der Waals surface area (Å²) in [6, 6.07) is 8.14. The molecule has 1 unspecified atom stereocenters. The van der Waals surface area contributed by atoms with Crippen LogP contribution in [-0.4, -0.2) is 62.0 Å². The first-order chi connectivity index (χ1) is 15.1. The van der Waals surface area contributed by atoms with Crippen molar-refractivity contribution in [1.82, 2.24) is 8.87 Å². The highest BCUT2D eigenvalue weighted by Crippen LogP contribution is 2.21. The molecule has 0 N–H and O–H groups in total. The van der Waals surface area contributed by atoms with Crippen molar-refractivity contribution >= 4 is 21.8 Å². The zero-order valence-corrected chi connectivity index (χ0v) is 19.8. The molecule has 1 atom stereocenters. The predicted octanol–water partition coefficient (Wildman–Crippen LogP) is 2.64. The highest BCUT2D eigenvalue weighted by molar-refractivity contribution is 7.89. The topological polar surface area (TPSA) is 94.9 Å². The number of rotatable bonds is 9. The van der Waals surface area contributed by atoms with Gasteiger partial charge in [0, 0.05) is 37.2 Å². The summed E-state index contributed by atoms with van der Waals surface area (Å²) < 4.78 is 38.9. The zero-order valence-electron chi connectivity index (χ0n) is 19.0. The number of hydrogen-bond acceptors (Lipinski definition) is 6. The first kappa shape index (κ1) is 24.2. The lowest BCUT2D eigenvalue weighted by Gasteiger charge is -2.16. The minimum Gasteiger partial charge on any atom is -0.456 e. The van der Waals surface area contributed by atoms with Crippen LogP contribution in [-0.2, 0) is 30.8 Å². The van der Waals surface area contributed by atoms with E-state index in [0.717, 1.165) is 40.7 Å². The van der Waals surface area contributed by atoms with Crippen molar-refractivity contribution in [3.63, 3.8) is 0 Å². The van der Waals surface area contributed by atoms with Crippen LogP contribution in [0.3, 0.4) is 0 Å². The summed E-state index contributed by atoms with van der Waals surface area (Å²) in [7, 11) is -2.53. The number of carbonyl (C=O) groups is 2. The maximum atomic E-state index is 12.7. The number of esters is 1. The second-order valence-electron chi connectivity index (χ2n) is 8.19. The first-order valence-electron chi connectivity index (χ1n) is 10.6. The lowest BCUT2D eigenvalue weighted by molar-refractivity contribution is -0.142. The largest absolute Gasteiger partial charge is 0.456 e. The van der Waals surface area contributed by atoms with Gasteiger partial charge in [0.25, 0.3) is 0 Å². The summed E-state index contributed by atoms with van der Waals surface area (Å²) >= 11 is 0. The number of carbonyl (C=O) groups excluding carboxylic acids is 2. The summed E-state index contributed by atoms with van der Waals surface area (Å²) in [6.07, 6.45) is 2.18. The fourth-order valence-corrected chi connectivity index (χ4v) is 4.90. The van der Waals surface area contributed by atoms with E-state index in [9.17, 15) is 18.0 Å². The monoisotopic (exact) mass is 462 g/mol. The molecular formula is C23H30N2O6S. The van der Waals surface area contributed by atoms with Crippen LogP contribution in [0.2, 0.25) is 0 Å².